The highest BCUT2D eigenvalue weighted by Crippen LogP contribution is 2.48. The van der Waals surface area contributed by atoms with Gasteiger partial charge in [0.05, 0.1) is 23.9 Å². The molecule has 1 atom stereocenters. The molecule has 0 unspecified atom stereocenters. The number of alkyl carbamates (subject to hydrolysis) is 1. The summed E-state index contributed by atoms with van der Waals surface area (Å²) in [5.41, 5.74) is 4.58. The molecule has 1 saturated carbocycles. The molecule has 1 heterocycles. The summed E-state index contributed by atoms with van der Waals surface area (Å²) in [6.45, 7) is 7.50. The number of carbonyl (C=O) groups is 2. The van der Waals surface area contributed by atoms with E-state index < -0.39 is 35.0 Å². The van der Waals surface area contributed by atoms with Crippen molar-refractivity contribution in [2.75, 3.05) is 30.3 Å². The lowest BCUT2D eigenvalue weighted by Gasteiger charge is -2.25. The number of rotatable bonds is 5. The van der Waals surface area contributed by atoms with Gasteiger partial charge in [0.15, 0.2) is 11.6 Å². The van der Waals surface area contributed by atoms with Crippen LogP contribution in [0, 0.1) is 11.6 Å². The second kappa shape index (κ2) is 8.28. The van der Waals surface area contributed by atoms with E-state index in [1.807, 2.05) is 0 Å². The largest absolute Gasteiger partial charge is 0.462 e. The third-order valence-electron chi connectivity index (χ3n) is 5.12. The molecule has 1 aromatic rings. The van der Waals surface area contributed by atoms with E-state index in [9.17, 15) is 9.59 Å². The molecule has 1 amide bonds. The van der Waals surface area contributed by atoms with Crippen molar-refractivity contribution in [1.82, 2.24) is 5.32 Å². The Bertz CT molecular complexity index is 850. The van der Waals surface area contributed by atoms with Crippen LogP contribution < -0.4 is 16.0 Å². The number of carbonyl (C=O) groups excluding carboxylic acids is 2. The van der Waals surface area contributed by atoms with Gasteiger partial charge in [-0.15, -0.1) is 0 Å². The van der Waals surface area contributed by atoms with Crippen LogP contribution in [0.3, 0.4) is 0 Å². The lowest BCUT2D eigenvalue weighted by Crippen LogP contribution is -2.40. The molecular weight excluding hydrogens is 396 g/mol. The van der Waals surface area contributed by atoms with E-state index in [1.54, 1.807) is 27.7 Å². The number of benzene rings is 1. The Morgan fingerprint density at radius 1 is 1.20 bits per heavy atom. The Morgan fingerprint density at radius 2 is 1.87 bits per heavy atom. The predicted octanol–water partition coefficient (Wildman–Crippen LogP) is 3.70. The average Bonchev–Trinajstić information content (AvgIpc) is 3.36. The third kappa shape index (κ3) is 4.60. The van der Waals surface area contributed by atoms with Gasteiger partial charge in [-0.3, -0.25) is 0 Å². The standard InChI is InChI=1S/C21H29F2N3O4/c1-5-29-19(27)14-13(11-6-7-11)15(22)18(16(23)17(14)24)26-9-8-12(10-26)25-20(28)30-21(2,3)4/h11-12H,5-10,24H2,1-4H3,(H,25,28)/t12-/m0/s1. The summed E-state index contributed by atoms with van der Waals surface area (Å²) in [6.07, 6.45) is 1.33. The lowest BCUT2D eigenvalue weighted by atomic mass is 9.98. The predicted molar refractivity (Wildman–Crippen MR) is 109 cm³/mol. The second-order valence-corrected chi connectivity index (χ2v) is 8.75. The first-order valence-corrected chi connectivity index (χ1v) is 10.2. The van der Waals surface area contributed by atoms with Gasteiger partial charge in [0.1, 0.15) is 11.3 Å². The van der Waals surface area contributed by atoms with Crippen LogP contribution in [0.4, 0.5) is 25.0 Å². The van der Waals surface area contributed by atoms with E-state index in [-0.39, 0.29) is 41.9 Å². The maximum absolute atomic E-state index is 15.5. The Hall–Kier alpha value is -2.58. The fourth-order valence-corrected chi connectivity index (χ4v) is 3.73. The molecule has 166 valence electrons. The van der Waals surface area contributed by atoms with Gasteiger partial charge in [-0.2, -0.15) is 0 Å². The Morgan fingerprint density at radius 3 is 2.43 bits per heavy atom. The fourth-order valence-electron chi connectivity index (χ4n) is 3.73. The molecule has 1 aliphatic heterocycles. The molecule has 9 heteroatoms. The highest BCUT2D eigenvalue weighted by Gasteiger charge is 2.39. The van der Waals surface area contributed by atoms with E-state index in [1.165, 1.54) is 4.90 Å². The maximum atomic E-state index is 15.5. The van der Waals surface area contributed by atoms with Crippen molar-refractivity contribution in [3.8, 4) is 0 Å². The van der Waals surface area contributed by atoms with Crippen molar-refractivity contribution in [2.45, 2.75) is 64.5 Å². The first-order valence-electron chi connectivity index (χ1n) is 10.2. The molecule has 0 radical (unpaired) electrons. The summed E-state index contributed by atoms with van der Waals surface area (Å²) in [5.74, 6) is -2.74. The Labute approximate surface area is 174 Å². The van der Waals surface area contributed by atoms with Gasteiger partial charge in [0, 0.05) is 18.7 Å². The van der Waals surface area contributed by atoms with Gasteiger partial charge in [-0.25, -0.2) is 18.4 Å². The highest BCUT2D eigenvalue weighted by atomic mass is 19.1. The van der Waals surface area contributed by atoms with Crippen LogP contribution in [0.1, 0.15) is 68.8 Å². The smallest absolute Gasteiger partial charge is 0.407 e. The first kappa shape index (κ1) is 22.1. The molecular formula is C21H29F2N3O4. The van der Waals surface area contributed by atoms with Crippen LogP contribution in [-0.2, 0) is 9.47 Å². The maximum Gasteiger partial charge on any atom is 0.407 e. The number of hydrogen-bond donors (Lipinski definition) is 2. The molecule has 1 saturated heterocycles. The zero-order valence-corrected chi connectivity index (χ0v) is 17.8. The molecule has 2 aliphatic rings. The Kier molecular flexibility index (Phi) is 6.10. The summed E-state index contributed by atoms with van der Waals surface area (Å²) in [6, 6.07) is -0.325. The van der Waals surface area contributed by atoms with Crippen molar-refractivity contribution in [3.63, 3.8) is 0 Å². The molecule has 0 aromatic heterocycles. The van der Waals surface area contributed by atoms with E-state index in [0.717, 1.165) is 0 Å². The topological polar surface area (TPSA) is 93.9 Å². The lowest BCUT2D eigenvalue weighted by molar-refractivity contribution is 0.0503. The number of nitrogens with zero attached hydrogens (tertiary/aromatic N) is 1. The molecule has 2 fully saturated rings. The zero-order valence-electron chi connectivity index (χ0n) is 17.8. The molecule has 1 aliphatic carbocycles. The normalized spacial score (nSPS) is 19.0. The van der Waals surface area contributed by atoms with Crippen LogP contribution in [-0.4, -0.2) is 43.4 Å². The van der Waals surface area contributed by atoms with E-state index >= 15 is 8.78 Å². The summed E-state index contributed by atoms with van der Waals surface area (Å²) < 4.78 is 40.8. The van der Waals surface area contributed by atoms with Crippen LogP contribution in [0.5, 0.6) is 0 Å². The molecule has 3 N–H and O–H groups in total. The first-order chi connectivity index (χ1) is 14.0. The van der Waals surface area contributed by atoms with E-state index in [0.29, 0.717) is 25.8 Å². The van der Waals surface area contributed by atoms with Crippen molar-refractivity contribution >= 4 is 23.4 Å². The van der Waals surface area contributed by atoms with Crippen LogP contribution in [0.15, 0.2) is 0 Å². The second-order valence-electron chi connectivity index (χ2n) is 8.75. The van der Waals surface area contributed by atoms with E-state index in [4.69, 9.17) is 15.2 Å². The number of esters is 1. The summed E-state index contributed by atoms with van der Waals surface area (Å²) in [7, 11) is 0. The Balaban J connectivity index is 1.87. The van der Waals surface area contributed by atoms with Gasteiger partial charge >= 0.3 is 12.1 Å². The van der Waals surface area contributed by atoms with Crippen molar-refractivity contribution < 1.29 is 27.8 Å². The van der Waals surface area contributed by atoms with Crippen LogP contribution >= 0.6 is 0 Å². The number of nitrogens with one attached hydrogen (secondary N) is 1. The number of nitrogens with two attached hydrogens (primary N) is 1. The fraction of sp³-hybridized carbons (Fsp3) is 0.619. The van der Waals surface area contributed by atoms with Crippen LogP contribution in [0.25, 0.3) is 0 Å². The average molecular weight is 425 g/mol. The summed E-state index contributed by atoms with van der Waals surface area (Å²) >= 11 is 0. The number of amides is 1. The molecule has 0 bridgehead atoms. The molecule has 0 spiro atoms. The molecule has 7 nitrogen and oxygen atoms in total. The molecule has 3 rings (SSSR count). The van der Waals surface area contributed by atoms with Crippen LogP contribution in [0.2, 0.25) is 0 Å². The number of anilines is 2. The number of hydrogen-bond acceptors (Lipinski definition) is 6. The molecule has 30 heavy (non-hydrogen) atoms. The number of nitrogen functional groups attached to an aromatic ring is 1. The van der Waals surface area contributed by atoms with Gasteiger partial charge in [0.25, 0.3) is 0 Å². The summed E-state index contributed by atoms with van der Waals surface area (Å²) in [5, 5.41) is 2.73. The van der Waals surface area contributed by atoms with Crippen molar-refractivity contribution in [1.29, 1.82) is 0 Å². The molecule has 1 aromatic carbocycles. The quantitative estimate of drug-likeness (QED) is 0.552. The minimum absolute atomic E-state index is 0.0809. The third-order valence-corrected chi connectivity index (χ3v) is 5.12. The van der Waals surface area contributed by atoms with Crippen molar-refractivity contribution in [2.24, 2.45) is 0 Å². The monoisotopic (exact) mass is 425 g/mol. The highest BCUT2D eigenvalue weighted by molar-refractivity contribution is 5.98. The van der Waals surface area contributed by atoms with Gasteiger partial charge < -0.3 is 25.4 Å². The van der Waals surface area contributed by atoms with Gasteiger partial charge in [-0.05, 0) is 52.9 Å². The minimum Gasteiger partial charge on any atom is -0.462 e. The SMILES string of the molecule is CCOC(=O)c1c(N)c(F)c(N2CC[C@H](NC(=O)OC(C)(C)C)C2)c(F)c1C1CC1. The van der Waals surface area contributed by atoms with Gasteiger partial charge in [0.2, 0.25) is 0 Å². The minimum atomic E-state index is -0.974. The zero-order chi connectivity index (χ0) is 22.2. The number of halogens is 2. The van der Waals surface area contributed by atoms with Crippen molar-refractivity contribution in [3.05, 3.63) is 22.8 Å². The number of ether oxygens (including phenoxy) is 2. The van der Waals surface area contributed by atoms with E-state index in [2.05, 4.69) is 5.32 Å². The van der Waals surface area contributed by atoms with Gasteiger partial charge in [-0.1, -0.05) is 0 Å². The summed E-state index contributed by atoms with van der Waals surface area (Å²) in [4.78, 5) is 25.9.